The molecule has 2 aromatic rings. The Bertz CT molecular complexity index is 1100. The standard InChI is InChI=1S/C19H10F12N2O2/c20-15(21)13(34-11-3-1-7(32)5-9(11)17(24,25)26)14(16(22,23)19(15,30)31)35-12-4-2-8(33)6-10(12)18(27,28)29/h1-6H,32-33H2. The summed E-state index contributed by atoms with van der Waals surface area (Å²) in [6.45, 7) is 0. The first kappa shape index (κ1) is 26.2. The first-order valence-corrected chi connectivity index (χ1v) is 8.89. The normalized spacial score (nSPS) is 19.1. The van der Waals surface area contributed by atoms with E-state index in [2.05, 4.69) is 9.47 Å². The highest BCUT2D eigenvalue weighted by molar-refractivity contribution is 5.52. The molecule has 0 fully saturated rings. The minimum Gasteiger partial charge on any atom is -0.451 e. The smallest absolute Gasteiger partial charge is 0.420 e. The number of nitrogen functional groups attached to an aromatic ring is 2. The Morgan fingerprint density at radius 1 is 0.571 bits per heavy atom. The molecule has 0 saturated carbocycles. The highest BCUT2D eigenvalue weighted by Crippen LogP contribution is 2.60. The maximum atomic E-state index is 14.4. The monoisotopic (exact) mass is 526 g/mol. The van der Waals surface area contributed by atoms with Crippen molar-refractivity contribution in [2.24, 2.45) is 0 Å². The van der Waals surface area contributed by atoms with Gasteiger partial charge in [-0.25, -0.2) is 0 Å². The second-order valence-corrected chi connectivity index (χ2v) is 7.09. The predicted molar refractivity (Wildman–Crippen MR) is 94.8 cm³/mol. The molecule has 4 N–H and O–H groups in total. The Balaban J connectivity index is 2.26. The van der Waals surface area contributed by atoms with Crippen LogP contribution in [-0.2, 0) is 12.4 Å². The van der Waals surface area contributed by atoms with Gasteiger partial charge in [0.2, 0.25) is 11.5 Å². The molecule has 0 unspecified atom stereocenters. The summed E-state index contributed by atoms with van der Waals surface area (Å²) in [6.07, 6.45) is -10.8. The van der Waals surface area contributed by atoms with Crippen LogP contribution in [-0.4, -0.2) is 17.8 Å². The molecule has 0 amide bonds. The van der Waals surface area contributed by atoms with Gasteiger partial charge in [-0.05, 0) is 36.4 Å². The Kier molecular flexibility index (Phi) is 5.81. The first-order valence-electron chi connectivity index (χ1n) is 8.89. The Hall–Kier alpha value is -3.46. The van der Waals surface area contributed by atoms with Gasteiger partial charge in [-0.3, -0.25) is 0 Å². The summed E-state index contributed by atoms with van der Waals surface area (Å²) in [5.74, 6) is -27.5. The zero-order valence-electron chi connectivity index (χ0n) is 16.5. The average Bonchev–Trinajstić information content (AvgIpc) is 2.78. The van der Waals surface area contributed by atoms with Gasteiger partial charge < -0.3 is 20.9 Å². The van der Waals surface area contributed by atoms with E-state index in [1.54, 1.807) is 0 Å². The van der Waals surface area contributed by atoms with Crippen LogP contribution in [0.1, 0.15) is 11.1 Å². The number of hydrogen-bond acceptors (Lipinski definition) is 4. The van der Waals surface area contributed by atoms with E-state index in [0.29, 0.717) is 12.1 Å². The minimum absolute atomic E-state index is 0.127. The van der Waals surface area contributed by atoms with Crippen LogP contribution in [0.5, 0.6) is 11.5 Å². The van der Waals surface area contributed by atoms with Gasteiger partial charge in [0.25, 0.3) is 0 Å². The van der Waals surface area contributed by atoms with Crippen LogP contribution in [0.4, 0.5) is 64.1 Å². The van der Waals surface area contributed by atoms with Gasteiger partial charge in [-0.1, -0.05) is 0 Å². The number of alkyl halides is 12. The van der Waals surface area contributed by atoms with Crippen molar-refractivity contribution in [3.8, 4) is 11.5 Å². The number of benzene rings is 2. The number of hydrogen-bond donors (Lipinski definition) is 2. The summed E-state index contributed by atoms with van der Waals surface area (Å²) in [4.78, 5) is 0. The average molecular weight is 526 g/mol. The summed E-state index contributed by atoms with van der Waals surface area (Å²) in [6, 6.07) is 2.05. The van der Waals surface area contributed by atoms with Crippen LogP contribution in [0.15, 0.2) is 47.9 Å². The first-order chi connectivity index (χ1) is 15.7. The number of allylic oxidation sites excluding steroid dienone is 2. The van der Waals surface area contributed by atoms with Crippen LogP contribution < -0.4 is 20.9 Å². The maximum absolute atomic E-state index is 14.4. The number of nitrogens with two attached hydrogens (primary N) is 2. The fourth-order valence-electron chi connectivity index (χ4n) is 2.92. The van der Waals surface area contributed by atoms with Gasteiger partial charge >= 0.3 is 30.1 Å². The molecule has 0 aromatic heterocycles. The second kappa shape index (κ2) is 7.78. The highest BCUT2D eigenvalue weighted by atomic mass is 19.4. The molecule has 0 bridgehead atoms. The molecular weight excluding hydrogens is 516 g/mol. The van der Waals surface area contributed by atoms with Crippen LogP contribution in [0.25, 0.3) is 0 Å². The van der Waals surface area contributed by atoms with E-state index in [-0.39, 0.29) is 24.3 Å². The number of rotatable bonds is 4. The lowest BCUT2D eigenvalue weighted by Gasteiger charge is -2.24. The van der Waals surface area contributed by atoms with Crippen LogP contribution in [0, 0.1) is 0 Å². The zero-order chi connectivity index (χ0) is 26.8. The molecule has 0 heterocycles. The van der Waals surface area contributed by atoms with Gasteiger partial charge in [-0.15, -0.1) is 0 Å². The van der Waals surface area contributed by atoms with E-state index < -0.39 is 75.6 Å². The quantitative estimate of drug-likeness (QED) is 0.354. The van der Waals surface area contributed by atoms with Crippen molar-refractivity contribution in [2.75, 3.05) is 11.5 Å². The maximum Gasteiger partial charge on any atom is 0.420 e. The lowest BCUT2D eigenvalue weighted by atomic mass is 10.1. The van der Waals surface area contributed by atoms with E-state index >= 15 is 0 Å². The third kappa shape index (κ3) is 4.25. The molecule has 192 valence electrons. The predicted octanol–water partition coefficient (Wildman–Crippen LogP) is 6.48. The SMILES string of the molecule is Nc1ccc(OC2=C(Oc3ccc(N)cc3C(F)(F)F)C(F)(F)C(F)(F)C2(F)F)c(C(F)(F)F)c1. The summed E-state index contributed by atoms with van der Waals surface area (Å²) < 4.78 is 173. The van der Waals surface area contributed by atoms with Crippen molar-refractivity contribution in [3.05, 3.63) is 59.0 Å². The van der Waals surface area contributed by atoms with Crippen LogP contribution >= 0.6 is 0 Å². The van der Waals surface area contributed by atoms with Gasteiger partial charge in [0.05, 0.1) is 0 Å². The van der Waals surface area contributed by atoms with Gasteiger partial charge in [-0.2, -0.15) is 52.7 Å². The van der Waals surface area contributed by atoms with Crippen molar-refractivity contribution in [2.45, 2.75) is 30.1 Å². The third-order valence-corrected chi connectivity index (χ3v) is 4.61. The lowest BCUT2D eigenvalue weighted by Crippen LogP contribution is -2.50. The van der Waals surface area contributed by atoms with E-state index in [9.17, 15) is 52.7 Å². The second-order valence-electron chi connectivity index (χ2n) is 7.09. The van der Waals surface area contributed by atoms with Crippen LogP contribution in [0.2, 0.25) is 0 Å². The lowest BCUT2D eigenvalue weighted by molar-refractivity contribution is -0.273. The van der Waals surface area contributed by atoms with Crippen LogP contribution in [0.3, 0.4) is 0 Å². The molecule has 3 rings (SSSR count). The molecule has 2 aromatic carbocycles. The molecule has 16 heteroatoms. The van der Waals surface area contributed by atoms with Gasteiger partial charge in [0, 0.05) is 11.4 Å². The Morgan fingerprint density at radius 3 is 1.17 bits per heavy atom. The third-order valence-electron chi connectivity index (χ3n) is 4.61. The van der Waals surface area contributed by atoms with Crippen molar-refractivity contribution in [1.82, 2.24) is 0 Å². The molecule has 0 spiro atoms. The number of halogens is 12. The molecule has 0 saturated heterocycles. The zero-order valence-corrected chi connectivity index (χ0v) is 16.5. The molecule has 0 atom stereocenters. The van der Waals surface area contributed by atoms with E-state index in [4.69, 9.17) is 11.5 Å². The van der Waals surface area contributed by atoms with Gasteiger partial charge in [0.1, 0.15) is 22.6 Å². The Morgan fingerprint density at radius 2 is 0.886 bits per heavy atom. The fraction of sp³-hybridized carbons (Fsp3) is 0.263. The molecular formula is C19H10F12N2O2. The molecule has 4 nitrogen and oxygen atoms in total. The molecule has 1 aliphatic rings. The van der Waals surface area contributed by atoms with E-state index in [1.807, 2.05) is 0 Å². The van der Waals surface area contributed by atoms with Crippen molar-refractivity contribution < 1.29 is 62.2 Å². The van der Waals surface area contributed by atoms with E-state index in [1.165, 1.54) is 0 Å². The summed E-state index contributed by atoms with van der Waals surface area (Å²) in [7, 11) is 0. The van der Waals surface area contributed by atoms with Gasteiger partial charge in [0.15, 0.2) is 0 Å². The Labute approximate surface area is 186 Å². The largest absolute Gasteiger partial charge is 0.451 e. The summed E-state index contributed by atoms with van der Waals surface area (Å²) in [5, 5.41) is 0. The summed E-state index contributed by atoms with van der Waals surface area (Å²) >= 11 is 0. The topological polar surface area (TPSA) is 70.5 Å². The minimum atomic E-state index is -6.37. The fourth-order valence-corrected chi connectivity index (χ4v) is 2.92. The van der Waals surface area contributed by atoms with Crippen molar-refractivity contribution in [1.29, 1.82) is 0 Å². The van der Waals surface area contributed by atoms with Crippen molar-refractivity contribution in [3.63, 3.8) is 0 Å². The molecule has 1 aliphatic carbocycles. The number of ether oxygens (including phenoxy) is 2. The molecule has 35 heavy (non-hydrogen) atoms. The summed E-state index contributed by atoms with van der Waals surface area (Å²) in [5.41, 5.74) is 5.30. The highest BCUT2D eigenvalue weighted by Gasteiger charge is 2.83. The molecule has 0 radical (unpaired) electrons. The van der Waals surface area contributed by atoms with Crippen molar-refractivity contribution >= 4 is 11.4 Å². The number of anilines is 2. The molecule has 0 aliphatic heterocycles. The van der Waals surface area contributed by atoms with E-state index in [0.717, 1.165) is 0 Å².